The van der Waals surface area contributed by atoms with Gasteiger partial charge in [-0.1, -0.05) is 12.1 Å². The summed E-state index contributed by atoms with van der Waals surface area (Å²) in [5, 5.41) is 3.78. The number of hydrogen-bond acceptors (Lipinski definition) is 3. The number of carbonyl (C=O) groups is 1. The molecule has 0 radical (unpaired) electrons. The predicted molar refractivity (Wildman–Crippen MR) is 71.4 cm³/mol. The summed E-state index contributed by atoms with van der Waals surface area (Å²) < 4.78 is 1.15. The van der Waals surface area contributed by atoms with Crippen molar-refractivity contribution in [3.05, 3.63) is 29.3 Å². The standard InChI is InChI=1S/C12H13ClN2OS/c13-7-3-6-11(16)14-8-12-15-9-4-1-2-5-10(9)17-12/h1-2,4-5H,3,6-8H2,(H,14,16). The molecule has 0 atom stereocenters. The normalized spacial score (nSPS) is 10.6. The third-order valence-electron chi connectivity index (χ3n) is 2.31. The van der Waals surface area contributed by atoms with Crippen LogP contribution in [0.4, 0.5) is 0 Å². The van der Waals surface area contributed by atoms with Crippen LogP contribution in [0.5, 0.6) is 0 Å². The van der Waals surface area contributed by atoms with Crippen LogP contribution in [0.3, 0.4) is 0 Å². The number of nitrogens with one attached hydrogen (secondary N) is 1. The molecule has 0 aliphatic heterocycles. The molecule has 3 nitrogen and oxygen atoms in total. The molecule has 90 valence electrons. The van der Waals surface area contributed by atoms with Crippen molar-refractivity contribution in [2.75, 3.05) is 5.88 Å². The molecule has 0 spiro atoms. The van der Waals surface area contributed by atoms with E-state index < -0.39 is 0 Å². The quantitative estimate of drug-likeness (QED) is 0.847. The van der Waals surface area contributed by atoms with Crippen LogP contribution in [-0.2, 0) is 11.3 Å². The van der Waals surface area contributed by atoms with Crippen molar-refractivity contribution in [3.63, 3.8) is 0 Å². The molecule has 1 amide bonds. The molecule has 2 aromatic rings. The largest absolute Gasteiger partial charge is 0.350 e. The molecule has 17 heavy (non-hydrogen) atoms. The van der Waals surface area contributed by atoms with Gasteiger partial charge < -0.3 is 5.32 Å². The first-order valence-electron chi connectivity index (χ1n) is 5.46. The van der Waals surface area contributed by atoms with Gasteiger partial charge in [0, 0.05) is 12.3 Å². The fourth-order valence-electron chi connectivity index (χ4n) is 1.49. The maximum Gasteiger partial charge on any atom is 0.220 e. The zero-order chi connectivity index (χ0) is 12.1. The Bertz CT molecular complexity index is 479. The van der Waals surface area contributed by atoms with Gasteiger partial charge >= 0.3 is 0 Å². The van der Waals surface area contributed by atoms with Crippen LogP contribution in [0.2, 0.25) is 0 Å². The molecule has 1 aromatic heterocycles. The number of para-hydroxylation sites is 1. The lowest BCUT2D eigenvalue weighted by molar-refractivity contribution is -0.121. The van der Waals surface area contributed by atoms with E-state index in [1.54, 1.807) is 11.3 Å². The number of hydrogen-bond donors (Lipinski definition) is 1. The van der Waals surface area contributed by atoms with Gasteiger partial charge in [-0.3, -0.25) is 4.79 Å². The third-order valence-corrected chi connectivity index (χ3v) is 3.62. The molecule has 1 heterocycles. The Hall–Kier alpha value is -1.13. The number of benzene rings is 1. The maximum atomic E-state index is 11.4. The van der Waals surface area contributed by atoms with Gasteiger partial charge in [0.2, 0.25) is 5.91 Å². The lowest BCUT2D eigenvalue weighted by Gasteiger charge is -2.00. The molecule has 0 fully saturated rings. The van der Waals surface area contributed by atoms with Crippen LogP contribution >= 0.6 is 22.9 Å². The Morgan fingerprint density at radius 3 is 3.00 bits per heavy atom. The SMILES string of the molecule is O=C(CCCCl)NCc1nc2ccccc2s1. The van der Waals surface area contributed by atoms with E-state index in [4.69, 9.17) is 11.6 Å². The second kappa shape index (κ2) is 5.98. The molecule has 0 aliphatic carbocycles. The summed E-state index contributed by atoms with van der Waals surface area (Å²) in [5.41, 5.74) is 0.988. The van der Waals surface area contributed by atoms with Crippen molar-refractivity contribution < 1.29 is 4.79 Å². The zero-order valence-electron chi connectivity index (χ0n) is 9.28. The number of fused-ring (bicyclic) bond motifs is 1. The van der Waals surface area contributed by atoms with Gasteiger partial charge in [0.15, 0.2) is 0 Å². The minimum Gasteiger partial charge on any atom is -0.350 e. The Labute approximate surface area is 109 Å². The highest BCUT2D eigenvalue weighted by molar-refractivity contribution is 7.18. The van der Waals surface area contributed by atoms with Gasteiger partial charge in [-0.25, -0.2) is 4.98 Å². The van der Waals surface area contributed by atoms with E-state index in [2.05, 4.69) is 10.3 Å². The minimum absolute atomic E-state index is 0.0323. The lowest BCUT2D eigenvalue weighted by atomic mass is 10.3. The summed E-state index contributed by atoms with van der Waals surface area (Å²) in [5.74, 6) is 0.555. The number of alkyl halides is 1. The summed E-state index contributed by atoms with van der Waals surface area (Å²) in [6.07, 6.45) is 1.20. The molecule has 2 rings (SSSR count). The topological polar surface area (TPSA) is 42.0 Å². The van der Waals surface area contributed by atoms with Gasteiger partial charge in [0.1, 0.15) is 5.01 Å². The molecular weight excluding hydrogens is 256 g/mol. The van der Waals surface area contributed by atoms with Gasteiger partial charge in [-0.05, 0) is 18.6 Å². The summed E-state index contributed by atoms with van der Waals surface area (Å²) in [6.45, 7) is 0.500. The molecule has 0 bridgehead atoms. The van der Waals surface area contributed by atoms with Crippen molar-refractivity contribution in [2.45, 2.75) is 19.4 Å². The van der Waals surface area contributed by atoms with Crippen molar-refractivity contribution in [2.24, 2.45) is 0 Å². The number of rotatable bonds is 5. The average molecular weight is 269 g/mol. The summed E-state index contributed by atoms with van der Waals surface area (Å²) in [7, 11) is 0. The van der Waals surface area contributed by atoms with Crippen LogP contribution in [0, 0.1) is 0 Å². The fourth-order valence-corrected chi connectivity index (χ4v) is 2.53. The predicted octanol–water partition coefficient (Wildman–Crippen LogP) is 2.93. The zero-order valence-corrected chi connectivity index (χ0v) is 10.9. The van der Waals surface area contributed by atoms with Crippen molar-refractivity contribution in [1.29, 1.82) is 0 Å². The van der Waals surface area contributed by atoms with E-state index in [1.165, 1.54) is 0 Å². The van der Waals surface area contributed by atoms with Crippen LogP contribution in [0.25, 0.3) is 10.2 Å². The molecule has 0 aliphatic rings. The van der Waals surface area contributed by atoms with Crippen molar-refractivity contribution in [3.8, 4) is 0 Å². The van der Waals surface area contributed by atoms with Crippen LogP contribution in [0.1, 0.15) is 17.8 Å². The number of carbonyl (C=O) groups excluding carboxylic acids is 1. The molecule has 1 N–H and O–H groups in total. The first-order valence-corrected chi connectivity index (χ1v) is 6.82. The van der Waals surface area contributed by atoms with E-state index in [0.717, 1.165) is 15.2 Å². The Morgan fingerprint density at radius 1 is 1.41 bits per heavy atom. The number of amides is 1. The molecule has 0 unspecified atom stereocenters. The molecule has 5 heteroatoms. The van der Waals surface area contributed by atoms with E-state index in [0.29, 0.717) is 25.3 Å². The van der Waals surface area contributed by atoms with E-state index in [1.807, 2.05) is 24.3 Å². The fraction of sp³-hybridized carbons (Fsp3) is 0.333. The summed E-state index contributed by atoms with van der Waals surface area (Å²) >= 11 is 7.14. The van der Waals surface area contributed by atoms with E-state index >= 15 is 0 Å². The first-order chi connectivity index (χ1) is 8.29. The van der Waals surface area contributed by atoms with Crippen LogP contribution in [-0.4, -0.2) is 16.8 Å². The molecule has 1 aromatic carbocycles. The average Bonchev–Trinajstić information content (AvgIpc) is 2.76. The minimum atomic E-state index is 0.0323. The first kappa shape index (κ1) is 12.3. The van der Waals surface area contributed by atoms with E-state index in [9.17, 15) is 4.79 Å². The number of aromatic nitrogens is 1. The van der Waals surface area contributed by atoms with Gasteiger partial charge in [0.05, 0.1) is 16.8 Å². The molecule has 0 saturated heterocycles. The summed E-state index contributed by atoms with van der Waals surface area (Å²) in [6, 6.07) is 7.96. The van der Waals surface area contributed by atoms with Gasteiger partial charge in [-0.2, -0.15) is 0 Å². The Morgan fingerprint density at radius 2 is 2.24 bits per heavy atom. The highest BCUT2D eigenvalue weighted by Gasteiger charge is 2.05. The van der Waals surface area contributed by atoms with Crippen molar-refractivity contribution >= 4 is 39.1 Å². The second-order valence-electron chi connectivity index (χ2n) is 3.64. The van der Waals surface area contributed by atoms with Crippen LogP contribution in [0.15, 0.2) is 24.3 Å². The lowest BCUT2D eigenvalue weighted by Crippen LogP contribution is -2.22. The number of thiazole rings is 1. The Balaban J connectivity index is 1.92. The smallest absolute Gasteiger partial charge is 0.220 e. The monoisotopic (exact) mass is 268 g/mol. The second-order valence-corrected chi connectivity index (χ2v) is 5.14. The third kappa shape index (κ3) is 3.41. The maximum absolute atomic E-state index is 11.4. The molecule has 0 saturated carbocycles. The van der Waals surface area contributed by atoms with Gasteiger partial charge in [-0.15, -0.1) is 22.9 Å². The van der Waals surface area contributed by atoms with Crippen molar-refractivity contribution in [1.82, 2.24) is 10.3 Å². The Kier molecular flexibility index (Phi) is 4.34. The highest BCUT2D eigenvalue weighted by Crippen LogP contribution is 2.21. The summed E-state index contributed by atoms with van der Waals surface area (Å²) in [4.78, 5) is 15.8. The highest BCUT2D eigenvalue weighted by atomic mass is 35.5. The number of nitrogens with zero attached hydrogens (tertiary/aromatic N) is 1. The van der Waals surface area contributed by atoms with Crippen LogP contribution < -0.4 is 5.32 Å². The molecular formula is C12H13ClN2OS. The van der Waals surface area contributed by atoms with E-state index in [-0.39, 0.29) is 5.91 Å². The number of halogens is 1. The van der Waals surface area contributed by atoms with Gasteiger partial charge in [0.25, 0.3) is 0 Å².